The molecule has 0 spiro atoms. The minimum atomic E-state index is -3.69. The second-order valence-corrected chi connectivity index (χ2v) is 4.37. The molecule has 2 aromatic carbocycles. The molecule has 108 valence electrons. The molecule has 1 heterocycles. The SMILES string of the molecule is NC(=O)c1cccc(Nc2cccc3c2OC(F)(F)O3)c1. The van der Waals surface area contributed by atoms with E-state index < -0.39 is 12.2 Å². The number of rotatable bonds is 3. The molecule has 3 rings (SSSR count). The molecule has 1 aliphatic rings. The Hall–Kier alpha value is -2.83. The van der Waals surface area contributed by atoms with Gasteiger partial charge in [-0.05, 0) is 30.3 Å². The first-order chi connectivity index (χ1) is 9.94. The summed E-state index contributed by atoms with van der Waals surface area (Å²) in [6.45, 7) is 0. The number of nitrogens with one attached hydrogen (secondary N) is 1. The summed E-state index contributed by atoms with van der Waals surface area (Å²) < 4.78 is 35.0. The molecular formula is C14H10F2N2O3. The fraction of sp³-hybridized carbons (Fsp3) is 0.0714. The summed E-state index contributed by atoms with van der Waals surface area (Å²) in [4.78, 5) is 11.1. The lowest BCUT2D eigenvalue weighted by atomic mass is 10.2. The molecule has 0 saturated carbocycles. The van der Waals surface area contributed by atoms with Crippen LogP contribution in [0, 0.1) is 0 Å². The van der Waals surface area contributed by atoms with Crippen molar-refractivity contribution in [1.82, 2.24) is 0 Å². The zero-order valence-electron chi connectivity index (χ0n) is 10.6. The first-order valence-electron chi connectivity index (χ1n) is 6.00. The number of para-hydroxylation sites is 1. The van der Waals surface area contributed by atoms with Gasteiger partial charge in [-0.1, -0.05) is 12.1 Å². The highest BCUT2D eigenvalue weighted by Crippen LogP contribution is 2.46. The van der Waals surface area contributed by atoms with Crippen molar-refractivity contribution in [2.24, 2.45) is 5.73 Å². The van der Waals surface area contributed by atoms with Crippen molar-refractivity contribution < 1.29 is 23.0 Å². The summed E-state index contributed by atoms with van der Waals surface area (Å²) in [6, 6.07) is 10.8. The van der Waals surface area contributed by atoms with Crippen LogP contribution in [0.5, 0.6) is 11.5 Å². The lowest BCUT2D eigenvalue weighted by Gasteiger charge is -2.10. The van der Waals surface area contributed by atoms with Crippen LogP contribution in [-0.2, 0) is 0 Å². The van der Waals surface area contributed by atoms with Gasteiger partial charge < -0.3 is 20.5 Å². The van der Waals surface area contributed by atoms with Gasteiger partial charge >= 0.3 is 6.29 Å². The van der Waals surface area contributed by atoms with Gasteiger partial charge in [-0.25, -0.2) is 0 Å². The molecule has 1 aliphatic heterocycles. The third kappa shape index (κ3) is 2.58. The van der Waals surface area contributed by atoms with Crippen LogP contribution in [0.4, 0.5) is 20.2 Å². The maximum Gasteiger partial charge on any atom is 0.586 e. The van der Waals surface area contributed by atoms with E-state index in [0.717, 1.165) is 0 Å². The largest absolute Gasteiger partial charge is 0.586 e. The van der Waals surface area contributed by atoms with Crippen LogP contribution in [-0.4, -0.2) is 12.2 Å². The van der Waals surface area contributed by atoms with Gasteiger partial charge in [0.05, 0.1) is 5.69 Å². The molecule has 0 aromatic heterocycles. The molecule has 0 atom stereocenters. The number of benzene rings is 2. The van der Waals surface area contributed by atoms with Crippen LogP contribution >= 0.6 is 0 Å². The first kappa shape index (κ1) is 13.2. The minimum Gasteiger partial charge on any atom is -0.395 e. The van der Waals surface area contributed by atoms with Gasteiger partial charge in [0.25, 0.3) is 0 Å². The summed E-state index contributed by atoms with van der Waals surface area (Å²) in [5, 5.41) is 2.89. The smallest absolute Gasteiger partial charge is 0.395 e. The zero-order valence-corrected chi connectivity index (χ0v) is 10.6. The van der Waals surface area contributed by atoms with Crippen molar-refractivity contribution in [3.05, 3.63) is 48.0 Å². The Morgan fingerprint density at radius 2 is 1.90 bits per heavy atom. The second-order valence-electron chi connectivity index (χ2n) is 4.37. The van der Waals surface area contributed by atoms with Crippen molar-refractivity contribution in [2.45, 2.75) is 6.29 Å². The van der Waals surface area contributed by atoms with Gasteiger partial charge in [-0.15, -0.1) is 8.78 Å². The molecule has 0 radical (unpaired) electrons. The standard InChI is InChI=1S/C14H10F2N2O3/c15-14(16)20-11-6-2-5-10(12(11)21-14)18-9-4-1-3-8(7-9)13(17)19/h1-7,18H,(H2,17,19). The Labute approximate surface area is 118 Å². The molecule has 0 aliphatic carbocycles. The van der Waals surface area contributed by atoms with E-state index >= 15 is 0 Å². The summed E-state index contributed by atoms with van der Waals surface area (Å²) in [5.74, 6) is -0.730. The number of carbonyl (C=O) groups excluding carboxylic acids is 1. The van der Waals surface area contributed by atoms with E-state index in [-0.39, 0.29) is 11.5 Å². The second kappa shape index (κ2) is 4.62. The van der Waals surface area contributed by atoms with Gasteiger partial charge in [0.2, 0.25) is 5.91 Å². The highest BCUT2D eigenvalue weighted by Gasteiger charge is 2.44. The van der Waals surface area contributed by atoms with E-state index in [1.807, 2.05) is 0 Å². The van der Waals surface area contributed by atoms with Crippen LogP contribution in [0.1, 0.15) is 10.4 Å². The number of halogens is 2. The average molecular weight is 292 g/mol. The number of anilines is 2. The molecule has 0 fully saturated rings. The molecule has 7 heteroatoms. The Kier molecular flexibility index (Phi) is 2.90. The number of fused-ring (bicyclic) bond motifs is 1. The van der Waals surface area contributed by atoms with E-state index in [9.17, 15) is 13.6 Å². The molecule has 0 unspecified atom stereocenters. The summed E-state index contributed by atoms with van der Waals surface area (Å²) in [6.07, 6.45) is -3.69. The van der Waals surface area contributed by atoms with Gasteiger partial charge in [0, 0.05) is 11.3 Å². The number of nitrogens with two attached hydrogens (primary N) is 1. The fourth-order valence-electron chi connectivity index (χ4n) is 1.97. The predicted octanol–water partition coefficient (Wildman–Crippen LogP) is 2.85. The van der Waals surface area contributed by atoms with Crippen LogP contribution < -0.4 is 20.5 Å². The summed E-state index contributed by atoms with van der Waals surface area (Å²) in [5.41, 5.74) is 6.30. The predicted molar refractivity (Wildman–Crippen MR) is 70.9 cm³/mol. The highest BCUT2D eigenvalue weighted by molar-refractivity contribution is 5.94. The van der Waals surface area contributed by atoms with Crippen LogP contribution in [0.25, 0.3) is 0 Å². The normalized spacial score (nSPS) is 14.8. The molecule has 5 nitrogen and oxygen atoms in total. The number of alkyl halides is 2. The van der Waals surface area contributed by atoms with Gasteiger partial charge in [-0.2, -0.15) is 0 Å². The van der Waals surface area contributed by atoms with E-state index in [2.05, 4.69) is 14.8 Å². The third-order valence-corrected chi connectivity index (χ3v) is 2.85. The van der Waals surface area contributed by atoms with Crippen LogP contribution in [0.2, 0.25) is 0 Å². The van der Waals surface area contributed by atoms with E-state index in [1.165, 1.54) is 12.1 Å². The topological polar surface area (TPSA) is 73.6 Å². The molecule has 0 saturated heterocycles. The van der Waals surface area contributed by atoms with Crippen molar-refractivity contribution in [3.8, 4) is 11.5 Å². The lowest BCUT2D eigenvalue weighted by molar-refractivity contribution is -0.286. The third-order valence-electron chi connectivity index (χ3n) is 2.85. The maximum absolute atomic E-state index is 13.1. The van der Waals surface area contributed by atoms with Crippen molar-refractivity contribution in [2.75, 3.05) is 5.32 Å². The number of ether oxygens (including phenoxy) is 2. The van der Waals surface area contributed by atoms with Crippen LogP contribution in [0.3, 0.4) is 0 Å². The number of hydrogen-bond donors (Lipinski definition) is 2. The molecular weight excluding hydrogens is 282 g/mol. The van der Waals surface area contributed by atoms with E-state index in [4.69, 9.17) is 5.73 Å². The molecule has 3 N–H and O–H groups in total. The number of hydrogen-bond acceptors (Lipinski definition) is 4. The number of amides is 1. The lowest BCUT2D eigenvalue weighted by Crippen LogP contribution is -2.26. The fourth-order valence-corrected chi connectivity index (χ4v) is 1.97. The summed E-state index contributed by atoms with van der Waals surface area (Å²) >= 11 is 0. The first-order valence-corrected chi connectivity index (χ1v) is 6.00. The van der Waals surface area contributed by atoms with Crippen molar-refractivity contribution in [3.63, 3.8) is 0 Å². The summed E-state index contributed by atoms with van der Waals surface area (Å²) in [7, 11) is 0. The Morgan fingerprint density at radius 3 is 2.67 bits per heavy atom. The Balaban J connectivity index is 1.92. The molecule has 1 amide bonds. The maximum atomic E-state index is 13.1. The molecule has 21 heavy (non-hydrogen) atoms. The number of carbonyl (C=O) groups is 1. The quantitative estimate of drug-likeness (QED) is 0.912. The molecule has 2 aromatic rings. The minimum absolute atomic E-state index is 0.0592. The van der Waals surface area contributed by atoms with Crippen LogP contribution in [0.15, 0.2) is 42.5 Å². The van der Waals surface area contributed by atoms with E-state index in [1.54, 1.807) is 30.3 Å². The van der Waals surface area contributed by atoms with Crippen molar-refractivity contribution >= 4 is 17.3 Å². The van der Waals surface area contributed by atoms with Gasteiger partial charge in [0.1, 0.15) is 0 Å². The van der Waals surface area contributed by atoms with Crippen molar-refractivity contribution in [1.29, 1.82) is 0 Å². The van der Waals surface area contributed by atoms with Gasteiger partial charge in [-0.3, -0.25) is 4.79 Å². The Morgan fingerprint density at radius 1 is 1.14 bits per heavy atom. The highest BCUT2D eigenvalue weighted by atomic mass is 19.3. The molecule has 0 bridgehead atoms. The van der Waals surface area contributed by atoms with E-state index in [0.29, 0.717) is 16.9 Å². The Bertz CT molecular complexity index is 719. The average Bonchev–Trinajstić information content (AvgIpc) is 2.74. The number of primary amides is 1. The monoisotopic (exact) mass is 292 g/mol. The van der Waals surface area contributed by atoms with Gasteiger partial charge in [0.15, 0.2) is 11.5 Å². The zero-order chi connectivity index (χ0) is 15.0.